The van der Waals surface area contributed by atoms with Crippen LogP contribution >= 0.6 is 0 Å². The Bertz CT molecular complexity index is 2760. The first-order valence-corrected chi connectivity index (χ1v) is 15.3. The fourth-order valence-corrected chi connectivity index (χ4v) is 7.26. The maximum Gasteiger partial charge on any atom is 0.159 e. The number of aromatic nitrogens is 1. The van der Waals surface area contributed by atoms with Crippen LogP contribution in [0.1, 0.15) is 0 Å². The van der Waals surface area contributed by atoms with E-state index in [1.54, 1.807) is 0 Å². The summed E-state index contributed by atoms with van der Waals surface area (Å²) in [7, 11) is 0. The molecule has 0 aliphatic heterocycles. The summed E-state index contributed by atoms with van der Waals surface area (Å²) in [5.41, 5.74) is 11.5. The number of furan rings is 2. The van der Waals surface area contributed by atoms with Crippen molar-refractivity contribution in [1.29, 1.82) is 0 Å². The Hall–Kier alpha value is -6.06. The van der Waals surface area contributed by atoms with Crippen LogP contribution in [-0.2, 0) is 0 Å². The highest BCUT2D eigenvalue weighted by Crippen LogP contribution is 2.44. The Balaban J connectivity index is 1.29. The van der Waals surface area contributed by atoms with Crippen molar-refractivity contribution in [2.24, 2.45) is 0 Å². The average Bonchev–Trinajstić information content (AvgIpc) is 3.78. The third-order valence-electron chi connectivity index (χ3n) is 9.20. The largest absolute Gasteiger partial charge is 0.456 e. The molecule has 0 amide bonds. The quantitative estimate of drug-likeness (QED) is 0.210. The van der Waals surface area contributed by atoms with Crippen LogP contribution in [0.25, 0.3) is 93.6 Å². The average molecular weight is 576 g/mol. The summed E-state index contributed by atoms with van der Waals surface area (Å²) < 4.78 is 15.5. The van der Waals surface area contributed by atoms with Crippen LogP contribution in [0.2, 0.25) is 0 Å². The first kappa shape index (κ1) is 24.4. The van der Waals surface area contributed by atoms with Crippen LogP contribution < -0.4 is 0 Å². The summed E-state index contributed by atoms with van der Waals surface area (Å²) in [5.74, 6) is 0. The molecule has 3 nitrogen and oxygen atoms in total. The monoisotopic (exact) mass is 575 g/mol. The summed E-state index contributed by atoms with van der Waals surface area (Å²) >= 11 is 0. The van der Waals surface area contributed by atoms with Gasteiger partial charge in [-0.15, -0.1) is 0 Å². The minimum atomic E-state index is 0.867. The van der Waals surface area contributed by atoms with Gasteiger partial charge in [-0.25, -0.2) is 0 Å². The Morgan fingerprint density at radius 3 is 2.02 bits per heavy atom. The second-order valence-electron chi connectivity index (χ2n) is 11.7. The molecule has 0 saturated carbocycles. The highest BCUT2D eigenvalue weighted by Gasteiger charge is 2.22. The maximum absolute atomic E-state index is 6.82. The van der Waals surface area contributed by atoms with Gasteiger partial charge >= 0.3 is 0 Å². The molecule has 0 N–H and O–H groups in total. The van der Waals surface area contributed by atoms with Crippen LogP contribution in [0.4, 0.5) is 0 Å². The van der Waals surface area contributed by atoms with E-state index in [2.05, 4.69) is 144 Å². The van der Waals surface area contributed by atoms with E-state index in [4.69, 9.17) is 8.83 Å². The molecule has 3 heteroatoms. The Morgan fingerprint density at radius 1 is 0.400 bits per heavy atom. The molecule has 0 aliphatic rings. The van der Waals surface area contributed by atoms with Crippen LogP contribution in [0.5, 0.6) is 0 Å². The van der Waals surface area contributed by atoms with Gasteiger partial charge in [0.25, 0.3) is 0 Å². The molecular formula is C42H25NO2. The van der Waals surface area contributed by atoms with Gasteiger partial charge < -0.3 is 13.4 Å². The van der Waals surface area contributed by atoms with Crippen molar-refractivity contribution in [3.8, 4) is 27.9 Å². The van der Waals surface area contributed by atoms with E-state index in [0.717, 1.165) is 66.2 Å². The second-order valence-corrected chi connectivity index (χ2v) is 11.7. The molecule has 0 fully saturated rings. The van der Waals surface area contributed by atoms with Crippen molar-refractivity contribution < 1.29 is 8.83 Å². The number of rotatable bonds is 3. The zero-order chi connectivity index (χ0) is 29.5. The molecule has 0 radical (unpaired) electrons. The Labute approximate surface area is 258 Å². The molecule has 0 saturated heterocycles. The van der Waals surface area contributed by atoms with Gasteiger partial charge in [-0.1, -0.05) is 109 Å². The fourth-order valence-electron chi connectivity index (χ4n) is 7.26. The third-order valence-corrected chi connectivity index (χ3v) is 9.20. The number of nitrogens with zero attached hydrogens (tertiary/aromatic N) is 1. The van der Waals surface area contributed by atoms with Crippen molar-refractivity contribution in [1.82, 2.24) is 4.57 Å². The molecular weight excluding hydrogens is 550 g/mol. The SMILES string of the molecule is c1ccc(-c2cccc(-c3cccc4oc5c(-n6c7ccccc7c7ccc8oc9ccccc9c8c76)cccc5c34)c2)cc1. The van der Waals surface area contributed by atoms with Crippen molar-refractivity contribution in [3.05, 3.63) is 152 Å². The Kier molecular flexibility index (Phi) is 5.00. The molecule has 3 aromatic heterocycles. The molecule has 7 aromatic carbocycles. The summed E-state index contributed by atoms with van der Waals surface area (Å²) in [4.78, 5) is 0. The summed E-state index contributed by atoms with van der Waals surface area (Å²) in [5, 5.41) is 6.84. The lowest BCUT2D eigenvalue weighted by atomic mass is 9.96. The van der Waals surface area contributed by atoms with Crippen LogP contribution in [-0.4, -0.2) is 4.57 Å². The van der Waals surface area contributed by atoms with Crippen LogP contribution in [0.3, 0.4) is 0 Å². The van der Waals surface area contributed by atoms with Gasteiger partial charge in [0, 0.05) is 26.9 Å². The second kappa shape index (κ2) is 9.22. The summed E-state index contributed by atoms with van der Waals surface area (Å²) in [6.45, 7) is 0. The van der Waals surface area contributed by atoms with Gasteiger partial charge in [-0.05, 0) is 64.7 Å². The fraction of sp³-hybridized carbons (Fsp3) is 0. The number of benzene rings is 7. The normalized spacial score (nSPS) is 12.0. The predicted octanol–water partition coefficient (Wildman–Crippen LogP) is 11.9. The van der Waals surface area contributed by atoms with Gasteiger partial charge in [0.2, 0.25) is 0 Å². The highest BCUT2D eigenvalue weighted by molar-refractivity contribution is 6.25. The number of para-hydroxylation sites is 3. The lowest BCUT2D eigenvalue weighted by Crippen LogP contribution is -1.94. The van der Waals surface area contributed by atoms with Crippen molar-refractivity contribution in [2.45, 2.75) is 0 Å². The van der Waals surface area contributed by atoms with E-state index in [-0.39, 0.29) is 0 Å². The topological polar surface area (TPSA) is 31.2 Å². The molecule has 0 atom stereocenters. The molecule has 10 rings (SSSR count). The van der Waals surface area contributed by atoms with E-state index in [9.17, 15) is 0 Å². The molecule has 0 aliphatic carbocycles. The van der Waals surface area contributed by atoms with Crippen molar-refractivity contribution in [2.75, 3.05) is 0 Å². The van der Waals surface area contributed by atoms with Gasteiger partial charge in [-0.3, -0.25) is 0 Å². The first-order chi connectivity index (χ1) is 22.3. The lowest BCUT2D eigenvalue weighted by Gasteiger charge is -2.10. The molecule has 210 valence electrons. The van der Waals surface area contributed by atoms with Gasteiger partial charge in [0.15, 0.2) is 5.58 Å². The predicted molar refractivity (Wildman–Crippen MR) is 186 cm³/mol. The number of hydrogen-bond acceptors (Lipinski definition) is 2. The molecule has 0 bridgehead atoms. The maximum atomic E-state index is 6.82. The van der Waals surface area contributed by atoms with E-state index >= 15 is 0 Å². The first-order valence-electron chi connectivity index (χ1n) is 15.3. The summed E-state index contributed by atoms with van der Waals surface area (Å²) in [6, 6.07) is 53.4. The van der Waals surface area contributed by atoms with Gasteiger partial charge in [0.1, 0.15) is 16.7 Å². The van der Waals surface area contributed by atoms with Gasteiger partial charge in [-0.2, -0.15) is 0 Å². The van der Waals surface area contributed by atoms with Crippen LogP contribution in [0, 0.1) is 0 Å². The highest BCUT2D eigenvalue weighted by atomic mass is 16.3. The molecule has 10 aromatic rings. The lowest BCUT2D eigenvalue weighted by molar-refractivity contribution is 0.666. The van der Waals surface area contributed by atoms with Crippen LogP contribution in [0.15, 0.2) is 160 Å². The van der Waals surface area contributed by atoms with E-state index < -0.39 is 0 Å². The Morgan fingerprint density at radius 2 is 1.09 bits per heavy atom. The molecule has 0 spiro atoms. The van der Waals surface area contributed by atoms with E-state index in [1.165, 1.54) is 27.5 Å². The third kappa shape index (κ3) is 3.46. The number of fused-ring (bicyclic) bond motifs is 10. The molecule has 3 heterocycles. The zero-order valence-electron chi connectivity index (χ0n) is 24.2. The summed E-state index contributed by atoms with van der Waals surface area (Å²) in [6.07, 6.45) is 0. The zero-order valence-corrected chi connectivity index (χ0v) is 24.2. The molecule has 0 unspecified atom stereocenters. The van der Waals surface area contributed by atoms with E-state index in [0.29, 0.717) is 0 Å². The minimum Gasteiger partial charge on any atom is -0.456 e. The van der Waals surface area contributed by atoms with E-state index in [1.807, 2.05) is 12.1 Å². The smallest absolute Gasteiger partial charge is 0.159 e. The van der Waals surface area contributed by atoms with Crippen molar-refractivity contribution in [3.63, 3.8) is 0 Å². The van der Waals surface area contributed by atoms with Gasteiger partial charge in [0.05, 0.1) is 22.1 Å². The minimum absolute atomic E-state index is 0.867. The van der Waals surface area contributed by atoms with Crippen molar-refractivity contribution >= 4 is 65.7 Å². The molecule has 45 heavy (non-hydrogen) atoms. The number of hydrogen-bond donors (Lipinski definition) is 0. The standard InChI is InChI=1S/C42H25NO2/c1-2-11-26(12-3-1)27-13-8-14-28(25-27)29-17-10-22-37-39(29)33-18-9-20-35(42(33)45-37)43-34-19-6-4-15-30(34)31-23-24-38-40(41(31)43)32-16-5-7-21-36(32)44-38/h1-25H.